The first kappa shape index (κ1) is 23.4. The van der Waals surface area contributed by atoms with Crippen LogP contribution in [-0.4, -0.2) is 43.4 Å². The van der Waals surface area contributed by atoms with E-state index in [1.807, 2.05) is 19.9 Å². The van der Waals surface area contributed by atoms with E-state index >= 15 is 0 Å². The molecule has 1 heterocycles. The third-order valence-electron chi connectivity index (χ3n) is 4.16. The van der Waals surface area contributed by atoms with Gasteiger partial charge >= 0.3 is 0 Å². The van der Waals surface area contributed by atoms with Crippen molar-refractivity contribution in [2.75, 3.05) is 32.2 Å². The highest BCUT2D eigenvalue weighted by Crippen LogP contribution is 2.31. The van der Waals surface area contributed by atoms with Crippen molar-refractivity contribution in [1.82, 2.24) is 4.98 Å². The van der Waals surface area contributed by atoms with Gasteiger partial charge in [0.1, 0.15) is 12.2 Å². The average Bonchev–Trinajstić information content (AvgIpc) is 2.56. The van der Waals surface area contributed by atoms with Gasteiger partial charge in [0.05, 0.1) is 18.0 Å². The summed E-state index contributed by atoms with van der Waals surface area (Å²) in [6, 6.07) is 3.58. The number of aromatic nitrogens is 1. The Bertz CT molecular complexity index is 578. The van der Waals surface area contributed by atoms with Crippen LogP contribution in [0.1, 0.15) is 53.2 Å². The summed E-state index contributed by atoms with van der Waals surface area (Å²) in [5, 5.41) is 3.03. The van der Waals surface area contributed by atoms with Crippen LogP contribution in [0.3, 0.4) is 0 Å². The SMILES string of the molecule is CCOC(CC(C)C)(CC(C)C)C(=O)Nc1ccc(OCCOC)nc1C. The summed E-state index contributed by atoms with van der Waals surface area (Å²) in [5.74, 6) is 1.10. The quantitative estimate of drug-likeness (QED) is 0.550. The minimum Gasteiger partial charge on any atom is -0.475 e. The molecule has 1 N–H and O–H groups in total. The standard InChI is InChI=1S/C21H36N2O4/c1-8-27-21(13-15(2)3,14-16(4)5)20(24)23-18-9-10-19(22-17(18)6)26-12-11-25-7/h9-10,15-16H,8,11-14H2,1-7H3,(H,23,24). The van der Waals surface area contributed by atoms with Gasteiger partial charge in [0.15, 0.2) is 0 Å². The van der Waals surface area contributed by atoms with Crippen molar-refractivity contribution in [2.45, 2.75) is 60.0 Å². The number of carbonyl (C=O) groups is 1. The summed E-state index contributed by atoms with van der Waals surface area (Å²) in [6.45, 7) is 13.7. The molecule has 0 unspecified atom stereocenters. The molecule has 0 aliphatic heterocycles. The van der Waals surface area contributed by atoms with Gasteiger partial charge in [0.2, 0.25) is 5.88 Å². The van der Waals surface area contributed by atoms with Crippen LogP contribution in [0, 0.1) is 18.8 Å². The van der Waals surface area contributed by atoms with E-state index in [2.05, 4.69) is 38.0 Å². The molecule has 6 nitrogen and oxygen atoms in total. The number of ether oxygens (including phenoxy) is 3. The molecule has 0 radical (unpaired) electrons. The fraction of sp³-hybridized carbons (Fsp3) is 0.714. The molecule has 0 atom stereocenters. The molecule has 0 spiro atoms. The van der Waals surface area contributed by atoms with Crippen molar-refractivity contribution in [3.8, 4) is 5.88 Å². The molecule has 0 bridgehead atoms. The predicted octanol–water partition coefficient (Wildman–Crippen LogP) is 4.22. The highest BCUT2D eigenvalue weighted by atomic mass is 16.5. The third kappa shape index (κ3) is 7.46. The molecular formula is C21H36N2O4. The first-order valence-electron chi connectivity index (χ1n) is 9.78. The summed E-state index contributed by atoms with van der Waals surface area (Å²) < 4.78 is 16.5. The number of rotatable bonds is 12. The zero-order chi connectivity index (χ0) is 20.4. The lowest BCUT2D eigenvalue weighted by Gasteiger charge is -2.35. The number of pyridine rings is 1. The topological polar surface area (TPSA) is 69.7 Å². The monoisotopic (exact) mass is 380 g/mol. The molecule has 0 saturated heterocycles. The lowest BCUT2D eigenvalue weighted by Crippen LogP contribution is -2.47. The van der Waals surface area contributed by atoms with E-state index in [9.17, 15) is 4.79 Å². The number of methoxy groups -OCH3 is 1. The van der Waals surface area contributed by atoms with Crippen molar-refractivity contribution < 1.29 is 19.0 Å². The maximum absolute atomic E-state index is 13.2. The van der Waals surface area contributed by atoms with Gasteiger partial charge in [-0.1, -0.05) is 27.7 Å². The van der Waals surface area contributed by atoms with E-state index < -0.39 is 5.60 Å². The molecule has 0 aliphatic rings. The van der Waals surface area contributed by atoms with E-state index in [0.717, 1.165) is 0 Å². The fourth-order valence-electron chi connectivity index (χ4n) is 3.26. The smallest absolute Gasteiger partial charge is 0.256 e. The second-order valence-corrected chi connectivity index (χ2v) is 7.70. The highest BCUT2D eigenvalue weighted by Gasteiger charge is 2.40. The molecular weight excluding hydrogens is 344 g/mol. The maximum atomic E-state index is 13.2. The van der Waals surface area contributed by atoms with Gasteiger partial charge in [-0.2, -0.15) is 0 Å². The molecule has 0 aromatic carbocycles. The number of hydrogen-bond donors (Lipinski definition) is 1. The van der Waals surface area contributed by atoms with Crippen LogP contribution in [-0.2, 0) is 14.3 Å². The Balaban J connectivity index is 2.99. The molecule has 1 aromatic rings. The fourth-order valence-corrected chi connectivity index (χ4v) is 3.26. The van der Waals surface area contributed by atoms with Crippen LogP contribution >= 0.6 is 0 Å². The molecule has 1 aromatic heterocycles. The molecule has 0 saturated carbocycles. The predicted molar refractivity (Wildman–Crippen MR) is 108 cm³/mol. The number of nitrogens with zero attached hydrogens (tertiary/aromatic N) is 1. The number of carbonyl (C=O) groups excluding carboxylic acids is 1. The summed E-state index contributed by atoms with van der Waals surface area (Å²) in [5.41, 5.74) is 0.547. The average molecular weight is 381 g/mol. The Morgan fingerprint density at radius 2 is 1.78 bits per heavy atom. The highest BCUT2D eigenvalue weighted by molar-refractivity contribution is 5.97. The Hall–Kier alpha value is -1.66. The summed E-state index contributed by atoms with van der Waals surface area (Å²) in [4.78, 5) is 17.6. The van der Waals surface area contributed by atoms with Crippen molar-refractivity contribution in [1.29, 1.82) is 0 Å². The molecule has 154 valence electrons. The minimum atomic E-state index is -0.836. The lowest BCUT2D eigenvalue weighted by atomic mass is 9.83. The normalized spacial score (nSPS) is 11.9. The van der Waals surface area contributed by atoms with Gasteiger partial charge in [0, 0.05) is 19.8 Å². The number of nitrogens with one attached hydrogen (secondary N) is 1. The van der Waals surface area contributed by atoms with Crippen LogP contribution in [0.25, 0.3) is 0 Å². The van der Waals surface area contributed by atoms with Gasteiger partial charge in [-0.15, -0.1) is 0 Å². The Kier molecular flexibility index (Phi) is 9.74. The van der Waals surface area contributed by atoms with Crippen LogP contribution in [0.4, 0.5) is 5.69 Å². The molecule has 0 aliphatic carbocycles. The minimum absolute atomic E-state index is 0.107. The maximum Gasteiger partial charge on any atom is 0.256 e. The van der Waals surface area contributed by atoms with E-state index in [4.69, 9.17) is 14.2 Å². The van der Waals surface area contributed by atoms with Crippen molar-refractivity contribution in [3.63, 3.8) is 0 Å². The largest absolute Gasteiger partial charge is 0.475 e. The Morgan fingerprint density at radius 3 is 2.26 bits per heavy atom. The molecule has 27 heavy (non-hydrogen) atoms. The first-order valence-corrected chi connectivity index (χ1v) is 9.78. The van der Waals surface area contributed by atoms with Crippen LogP contribution in [0.2, 0.25) is 0 Å². The summed E-state index contributed by atoms with van der Waals surface area (Å²) in [6.07, 6.45) is 1.35. The Labute approximate surface area is 164 Å². The van der Waals surface area contributed by atoms with Gasteiger partial charge in [0.25, 0.3) is 5.91 Å². The molecule has 1 amide bonds. The second kappa shape index (κ2) is 11.2. The first-order chi connectivity index (χ1) is 12.7. The van der Waals surface area contributed by atoms with Crippen molar-refractivity contribution >= 4 is 11.6 Å². The molecule has 1 rings (SSSR count). The Morgan fingerprint density at radius 1 is 1.15 bits per heavy atom. The van der Waals surface area contributed by atoms with Crippen LogP contribution < -0.4 is 10.1 Å². The van der Waals surface area contributed by atoms with Crippen molar-refractivity contribution in [3.05, 3.63) is 17.8 Å². The summed E-state index contributed by atoms with van der Waals surface area (Å²) in [7, 11) is 1.62. The van der Waals surface area contributed by atoms with Gasteiger partial charge in [-0.25, -0.2) is 4.98 Å². The van der Waals surface area contributed by atoms with Crippen molar-refractivity contribution in [2.24, 2.45) is 11.8 Å². The lowest BCUT2D eigenvalue weighted by molar-refractivity contribution is -0.146. The van der Waals surface area contributed by atoms with E-state index in [-0.39, 0.29) is 5.91 Å². The van der Waals surface area contributed by atoms with E-state index in [1.165, 1.54) is 0 Å². The van der Waals surface area contributed by atoms with Crippen LogP contribution in [0.15, 0.2) is 12.1 Å². The van der Waals surface area contributed by atoms with Crippen LogP contribution in [0.5, 0.6) is 5.88 Å². The second-order valence-electron chi connectivity index (χ2n) is 7.70. The number of anilines is 1. The summed E-state index contributed by atoms with van der Waals surface area (Å²) >= 11 is 0. The van der Waals surface area contributed by atoms with E-state index in [1.54, 1.807) is 13.2 Å². The van der Waals surface area contributed by atoms with E-state index in [0.29, 0.717) is 61.8 Å². The zero-order valence-corrected chi connectivity index (χ0v) is 17.9. The molecule has 6 heteroatoms. The van der Waals surface area contributed by atoms with Gasteiger partial charge in [-0.05, 0) is 44.6 Å². The number of aryl methyl sites for hydroxylation is 1. The zero-order valence-electron chi connectivity index (χ0n) is 17.9. The van der Waals surface area contributed by atoms with Gasteiger partial charge < -0.3 is 19.5 Å². The molecule has 0 fully saturated rings. The van der Waals surface area contributed by atoms with Gasteiger partial charge in [-0.3, -0.25) is 4.79 Å². The third-order valence-corrected chi connectivity index (χ3v) is 4.16. The number of amides is 1. The number of hydrogen-bond acceptors (Lipinski definition) is 5.